The van der Waals surface area contributed by atoms with Gasteiger partial charge in [-0.1, -0.05) is 19.8 Å². The first kappa shape index (κ1) is 15.5. The first-order valence-corrected chi connectivity index (χ1v) is 8.93. The molecule has 0 spiro atoms. The van der Waals surface area contributed by atoms with Gasteiger partial charge in [-0.3, -0.25) is 4.79 Å². The molecule has 0 radical (unpaired) electrons. The molecule has 0 unspecified atom stereocenters. The number of carbonyl (C=O) groups excluding carboxylic acids is 1. The summed E-state index contributed by atoms with van der Waals surface area (Å²) >= 11 is 1.41. The van der Waals surface area contributed by atoms with Crippen molar-refractivity contribution in [3.63, 3.8) is 0 Å². The lowest BCUT2D eigenvalue weighted by atomic mass is 9.85. The molecule has 22 heavy (non-hydrogen) atoms. The first-order chi connectivity index (χ1) is 10.6. The minimum absolute atomic E-state index is 0.0964. The van der Waals surface area contributed by atoms with E-state index in [4.69, 9.17) is 0 Å². The van der Waals surface area contributed by atoms with Crippen LogP contribution in [0, 0.1) is 5.92 Å². The van der Waals surface area contributed by atoms with Crippen LogP contribution in [-0.2, 0) is 11.2 Å². The largest absolute Gasteiger partial charge is 0.480 e. The van der Waals surface area contributed by atoms with E-state index in [1.165, 1.54) is 11.3 Å². The molecule has 120 valence electrons. The predicted octanol–water partition coefficient (Wildman–Crippen LogP) is 2.95. The second-order valence-electron chi connectivity index (χ2n) is 6.28. The van der Waals surface area contributed by atoms with Crippen LogP contribution in [0.4, 0.5) is 0 Å². The maximum absolute atomic E-state index is 12.9. The predicted molar refractivity (Wildman–Crippen MR) is 84.1 cm³/mol. The zero-order valence-corrected chi connectivity index (χ0v) is 13.6. The molecule has 1 aliphatic carbocycles. The maximum atomic E-state index is 12.9. The molecule has 1 aromatic rings. The van der Waals surface area contributed by atoms with Gasteiger partial charge in [-0.15, -0.1) is 11.3 Å². The normalized spacial score (nSPS) is 27.7. The lowest BCUT2D eigenvalue weighted by Crippen LogP contribution is -2.46. The van der Waals surface area contributed by atoms with E-state index in [9.17, 15) is 14.7 Å². The highest BCUT2D eigenvalue weighted by molar-refractivity contribution is 7.13. The first-order valence-electron chi connectivity index (χ1n) is 8.12. The zero-order valence-electron chi connectivity index (χ0n) is 12.8. The van der Waals surface area contributed by atoms with E-state index in [-0.39, 0.29) is 11.9 Å². The lowest BCUT2D eigenvalue weighted by molar-refractivity contribution is -0.141. The van der Waals surface area contributed by atoms with Crippen LogP contribution >= 0.6 is 11.3 Å². The van der Waals surface area contributed by atoms with Gasteiger partial charge in [0.15, 0.2) is 0 Å². The highest BCUT2D eigenvalue weighted by atomic mass is 32.1. The molecule has 0 aromatic carbocycles. The standard InChI is InChI=1S/C16H22N2O3S/c1-2-5-14-17-9-13(22-14)15(19)18-11-7-4-3-6-10(11)8-12(18)16(20)21/h9-12H,2-8H2,1H3,(H,20,21)/t10-,11+,12+/m1/s1. The number of likely N-dealkylation sites (tertiary alicyclic amines) is 1. The molecule has 2 aliphatic rings. The van der Waals surface area contributed by atoms with Crippen molar-refractivity contribution in [1.82, 2.24) is 9.88 Å². The number of carbonyl (C=O) groups is 2. The van der Waals surface area contributed by atoms with E-state index in [0.29, 0.717) is 17.2 Å². The van der Waals surface area contributed by atoms with Gasteiger partial charge in [0.05, 0.1) is 11.2 Å². The second-order valence-corrected chi connectivity index (χ2v) is 7.40. The summed E-state index contributed by atoms with van der Waals surface area (Å²) < 4.78 is 0. The van der Waals surface area contributed by atoms with Gasteiger partial charge in [0.25, 0.3) is 5.91 Å². The fourth-order valence-corrected chi connectivity index (χ4v) is 4.80. The van der Waals surface area contributed by atoms with Crippen molar-refractivity contribution in [2.24, 2.45) is 5.92 Å². The van der Waals surface area contributed by atoms with Crippen molar-refractivity contribution in [3.8, 4) is 0 Å². The van der Waals surface area contributed by atoms with E-state index in [2.05, 4.69) is 11.9 Å². The van der Waals surface area contributed by atoms with Crippen molar-refractivity contribution in [2.75, 3.05) is 0 Å². The Labute approximate surface area is 134 Å². The van der Waals surface area contributed by atoms with Crippen LogP contribution in [0.2, 0.25) is 0 Å². The molecule has 1 aromatic heterocycles. The van der Waals surface area contributed by atoms with E-state index >= 15 is 0 Å². The van der Waals surface area contributed by atoms with Gasteiger partial charge in [-0.05, 0) is 38.0 Å². The Hall–Kier alpha value is -1.43. The summed E-state index contributed by atoms with van der Waals surface area (Å²) in [5.41, 5.74) is 0. The number of aromatic nitrogens is 1. The van der Waals surface area contributed by atoms with Crippen molar-refractivity contribution >= 4 is 23.2 Å². The molecule has 3 rings (SSSR count). The fourth-order valence-electron chi connectivity index (χ4n) is 3.84. The Kier molecular flexibility index (Phi) is 4.47. The average Bonchev–Trinajstić information content (AvgIpc) is 3.11. The van der Waals surface area contributed by atoms with Crippen LogP contribution in [0.3, 0.4) is 0 Å². The van der Waals surface area contributed by atoms with E-state index in [1.807, 2.05) is 0 Å². The van der Waals surface area contributed by atoms with Crippen LogP contribution < -0.4 is 0 Å². The van der Waals surface area contributed by atoms with Gasteiger partial charge < -0.3 is 10.0 Å². The molecule has 1 aliphatic heterocycles. The van der Waals surface area contributed by atoms with Crippen molar-refractivity contribution < 1.29 is 14.7 Å². The fraction of sp³-hybridized carbons (Fsp3) is 0.688. The van der Waals surface area contributed by atoms with Gasteiger partial charge >= 0.3 is 5.97 Å². The molecule has 1 saturated heterocycles. The summed E-state index contributed by atoms with van der Waals surface area (Å²) in [5.74, 6) is -0.662. The monoisotopic (exact) mass is 322 g/mol. The van der Waals surface area contributed by atoms with Gasteiger partial charge in [0.2, 0.25) is 0 Å². The minimum Gasteiger partial charge on any atom is -0.480 e. The minimum atomic E-state index is -0.874. The maximum Gasteiger partial charge on any atom is 0.326 e. The summed E-state index contributed by atoms with van der Waals surface area (Å²) in [4.78, 5) is 31.0. The number of hydrogen-bond acceptors (Lipinski definition) is 4. The molecule has 2 heterocycles. The van der Waals surface area contributed by atoms with E-state index in [0.717, 1.165) is 43.5 Å². The van der Waals surface area contributed by atoms with E-state index < -0.39 is 12.0 Å². The third kappa shape index (κ3) is 2.76. The summed E-state index contributed by atoms with van der Waals surface area (Å²) in [6.07, 6.45) is 8.29. The number of aryl methyl sites for hydroxylation is 1. The van der Waals surface area contributed by atoms with Gasteiger partial charge in [0.1, 0.15) is 10.9 Å². The Morgan fingerprint density at radius 2 is 2.18 bits per heavy atom. The Bertz CT molecular complexity index is 571. The van der Waals surface area contributed by atoms with Crippen LogP contribution in [0.25, 0.3) is 0 Å². The number of carboxylic acids is 1. The molecular formula is C16H22N2O3S. The average molecular weight is 322 g/mol. The number of amides is 1. The van der Waals surface area contributed by atoms with Crippen molar-refractivity contribution in [2.45, 2.75) is 64.0 Å². The lowest BCUT2D eigenvalue weighted by Gasteiger charge is -2.32. The highest BCUT2D eigenvalue weighted by Crippen LogP contribution is 2.40. The van der Waals surface area contributed by atoms with E-state index in [1.54, 1.807) is 11.1 Å². The van der Waals surface area contributed by atoms with Crippen molar-refractivity contribution in [1.29, 1.82) is 0 Å². The van der Waals surface area contributed by atoms with Gasteiger partial charge in [0, 0.05) is 6.04 Å². The number of thiazole rings is 1. The molecule has 0 bridgehead atoms. The third-order valence-electron chi connectivity index (χ3n) is 4.84. The topological polar surface area (TPSA) is 70.5 Å². The number of carboxylic acid groups (broad SMARTS) is 1. The van der Waals surface area contributed by atoms with Crippen LogP contribution in [0.5, 0.6) is 0 Å². The molecule has 2 fully saturated rings. The second kappa shape index (κ2) is 6.36. The molecule has 3 atom stereocenters. The summed E-state index contributed by atoms with van der Waals surface area (Å²) in [5, 5.41) is 10.5. The molecule has 1 saturated carbocycles. The van der Waals surface area contributed by atoms with Gasteiger partial charge in [-0.25, -0.2) is 9.78 Å². The molecule has 5 nitrogen and oxygen atoms in total. The highest BCUT2D eigenvalue weighted by Gasteiger charge is 2.47. The van der Waals surface area contributed by atoms with Gasteiger partial charge in [-0.2, -0.15) is 0 Å². The summed E-state index contributed by atoms with van der Waals surface area (Å²) in [6.45, 7) is 2.08. The quantitative estimate of drug-likeness (QED) is 0.925. The van der Waals surface area contributed by atoms with Crippen molar-refractivity contribution in [3.05, 3.63) is 16.1 Å². The Morgan fingerprint density at radius 3 is 2.91 bits per heavy atom. The number of rotatable bonds is 4. The number of hydrogen-bond donors (Lipinski definition) is 1. The SMILES string of the molecule is CCCc1ncc(C(=O)N2[C@H](C(=O)O)C[C@H]3CCCC[C@@H]32)s1. The molecule has 1 N–H and O–H groups in total. The number of fused-ring (bicyclic) bond motifs is 1. The smallest absolute Gasteiger partial charge is 0.326 e. The number of nitrogens with zero attached hydrogens (tertiary/aromatic N) is 2. The summed E-state index contributed by atoms with van der Waals surface area (Å²) in [6, 6.07) is -0.573. The van der Waals surface area contributed by atoms with Crippen LogP contribution in [-0.4, -0.2) is 39.0 Å². The Morgan fingerprint density at radius 1 is 1.41 bits per heavy atom. The number of aliphatic carboxylic acids is 1. The Balaban J connectivity index is 1.85. The third-order valence-corrected chi connectivity index (χ3v) is 5.88. The molecular weight excluding hydrogens is 300 g/mol. The zero-order chi connectivity index (χ0) is 15.7. The summed E-state index contributed by atoms with van der Waals surface area (Å²) in [7, 11) is 0. The van der Waals surface area contributed by atoms with Crippen LogP contribution in [0.15, 0.2) is 6.20 Å². The molecule has 6 heteroatoms. The van der Waals surface area contributed by atoms with Crippen LogP contribution in [0.1, 0.15) is 60.1 Å². The molecule has 1 amide bonds.